The average molecular weight is 409 g/mol. The largest absolute Gasteiger partial charge is 0.332 e. The molecule has 29 heavy (non-hydrogen) atoms. The second kappa shape index (κ2) is 10.0. The van der Waals surface area contributed by atoms with Gasteiger partial charge in [0.1, 0.15) is 6.04 Å². The molecule has 1 aromatic heterocycles. The van der Waals surface area contributed by atoms with Gasteiger partial charge in [0.15, 0.2) is 6.54 Å². The number of thiophene rings is 1. The van der Waals surface area contributed by atoms with Gasteiger partial charge in [-0.3, -0.25) is 9.59 Å². The third-order valence-electron chi connectivity index (χ3n) is 4.68. The summed E-state index contributed by atoms with van der Waals surface area (Å²) in [5.41, 5.74) is 3.02. The first-order valence-electron chi connectivity index (χ1n) is 9.55. The van der Waals surface area contributed by atoms with Crippen molar-refractivity contribution in [1.29, 1.82) is 0 Å². The van der Waals surface area contributed by atoms with Crippen LogP contribution in [0.3, 0.4) is 0 Å². The average Bonchev–Trinajstić information content (AvgIpc) is 3.25. The van der Waals surface area contributed by atoms with E-state index in [-0.39, 0.29) is 30.9 Å². The van der Waals surface area contributed by atoms with Crippen molar-refractivity contribution in [3.05, 3.63) is 88.1 Å². The molecule has 0 aliphatic carbocycles. The van der Waals surface area contributed by atoms with Gasteiger partial charge >= 0.3 is 0 Å². The van der Waals surface area contributed by atoms with Crippen molar-refractivity contribution in [3.63, 3.8) is 0 Å². The summed E-state index contributed by atoms with van der Waals surface area (Å²) < 4.78 is 0. The Hall–Kier alpha value is -2.96. The topological polar surface area (TPSA) is 66.0 Å². The predicted octanol–water partition coefficient (Wildman–Crippen LogP) is 2.81. The van der Waals surface area contributed by atoms with E-state index in [0.29, 0.717) is 0 Å². The van der Waals surface area contributed by atoms with Crippen LogP contribution in [0.2, 0.25) is 0 Å². The first-order chi connectivity index (χ1) is 14.0. The minimum atomic E-state index is -0.206. The van der Waals surface area contributed by atoms with Gasteiger partial charge in [-0.2, -0.15) is 0 Å². The number of quaternary nitrogens is 1. The zero-order valence-electron chi connectivity index (χ0n) is 16.7. The zero-order valence-corrected chi connectivity index (χ0v) is 17.5. The van der Waals surface area contributed by atoms with Crippen LogP contribution in [-0.4, -0.2) is 36.9 Å². The predicted molar refractivity (Wildman–Crippen MR) is 117 cm³/mol. The van der Waals surface area contributed by atoms with Crippen molar-refractivity contribution in [3.8, 4) is 0 Å². The number of aryl methyl sites for hydroxylation is 1. The van der Waals surface area contributed by atoms with Crippen molar-refractivity contribution in [2.45, 2.75) is 13.0 Å². The number of anilines is 1. The quantitative estimate of drug-likeness (QED) is 0.602. The number of hydrogen-bond donors (Lipinski definition) is 2. The molecule has 0 spiro atoms. The van der Waals surface area contributed by atoms with Crippen LogP contribution in [-0.2, 0) is 9.59 Å². The number of likely N-dealkylation sites (N-methyl/N-ethyl adjacent to an activating group) is 1. The van der Waals surface area contributed by atoms with E-state index < -0.39 is 0 Å². The molecule has 150 valence electrons. The van der Waals surface area contributed by atoms with Crippen molar-refractivity contribution in [2.75, 3.05) is 25.5 Å². The molecule has 2 amide bonds. The van der Waals surface area contributed by atoms with Crippen LogP contribution in [0.25, 0.3) is 0 Å². The summed E-state index contributed by atoms with van der Waals surface area (Å²) in [6.45, 7) is 2.29. The van der Waals surface area contributed by atoms with Crippen LogP contribution in [0.4, 0.5) is 5.69 Å². The highest BCUT2D eigenvalue weighted by Gasteiger charge is 2.22. The van der Waals surface area contributed by atoms with Crippen molar-refractivity contribution in [2.24, 2.45) is 0 Å². The molecule has 5 nitrogen and oxygen atoms in total. The lowest BCUT2D eigenvalue weighted by Gasteiger charge is -2.19. The summed E-state index contributed by atoms with van der Waals surface area (Å²) in [5.74, 6) is -0.288. The molecule has 3 aromatic rings. The molecule has 1 atom stereocenters. The summed E-state index contributed by atoms with van der Waals surface area (Å²) in [6.07, 6.45) is 0. The fourth-order valence-electron chi connectivity index (χ4n) is 3.06. The number of amides is 2. The number of nitrogens with zero attached hydrogens (tertiary/aromatic N) is 1. The number of benzene rings is 2. The van der Waals surface area contributed by atoms with Crippen LogP contribution in [0, 0.1) is 6.92 Å². The number of rotatable bonds is 8. The molecule has 2 aromatic carbocycles. The zero-order chi connectivity index (χ0) is 20.6. The van der Waals surface area contributed by atoms with Crippen LogP contribution in [0.5, 0.6) is 0 Å². The van der Waals surface area contributed by atoms with E-state index in [1.54, 1.807) is 18.4 Å². The number of nitrogens with one attached hydrogen (secondary N) is 1. The Morgan fingerprint density at radius 2 is 1.76 bits per heavy atom. The SMILES string of the molecule is Cc1ccc(NC(=O)CN(C)C(=O)C[NH2+][C@H](c2ccccc2)c2cccs2)cc1. The van der Waals surface area contributed by atoms with Gasteiger partial charge in [0.05, 0.1) is 11.4 Å². The first kappa shape index (κ1) is 20.8. The summed E-state index contributed by atoms with van der Waals surface area (Å²) in [6, 6.07) is 21.9. The van der Waals surface area contributed by atoms with Gasteiger partial charge in [-0.15, -0.1) is 11.3 Å². The Balaban J connectivity index is 1.55. The highest BCUT2D eigenvalue weighted by Crippen LogP contribution is 2.22. The highest BCUT2D eigenvalue weighted by molar-refractivity contribution is 7.10. The Bertz CT molecular complexity index is 925. The first-order valence-corrected chi connectivity index (χ1v) is 10.4. The molecular formula is C23H26N3O2S+. The number of carbonyl (C=O) groups is 2. The Morgan fingerprint density at radius 1 is 1.03 bits per heavy atom. The van der Waals surface area contributed by atoms with Gasteiger partial charge in [0, 0.05) is 18.3 Å². The third-order valence-corrected chi connectivity index (χ3v) is 5.63. The lowest BCUT2D eigenvalue weighted by atomic mass is 10.1. The van der Waals surface area contributed by atoms with Crippen LogP contribution >= 0.6 is 11.3 Å². The molecule has 3 N–H and O–H groups in total. The molecule has 0 unspecified atom stereocenters. The van der Waals surface area contributed by atoms with Gasteiger partial charge in [0.25, 0.3) is 5.91 Å². The molecule has 0 saturated heterocycles. The van der Waals surface area contributed by atoms with Crippen molar-refractivity contribution >= 4 is 28.8 Å². The standard InChI is InChI=1S/C23H25N3O2S/c1-17-10-12-19(13-11-17)25-21(27)16-26(2)22(28)15-24-23(20-9-6-14-29-20)18-7-4-3-5-8-18/h3-14,23-24H,15-16H2,1-2H3,(H,25,27)/p+1/t23-/m1/s1. The van der Waals surface area contributed by atoms with Crippen LogP contribution < -0.4 is 10.6 Å². The Labute approximate surface area is 175 Å². The Kier molecular flexibility index (Phi) is 7.16. The maximum Gasteiger partial charge on any atom is 0.277 e. The molecule has 0 aliphatic heterocycles. The van der Waals surface area contributed by atoms with Gasteiger partial charge in [-0.25, -0.2) is 0 Å². The summed E-state index contributed by atoms with van der Waals surface area (Å²) in [7, 11) is 1.66. The van der Waals surface area contributed by atoms with Gasteiger partial charge < -0.3 is 15.5 Å². The van der Waals surface area contributed by atoms with E-state index in [9.17, 15) is 9.59 Å². The van der Waals surface area contributed by atoms with Crippen molar-refractivity contribution < 1.29 is 14.9 Å². The molecule has 3 rings (SSSR count). The van der Waals surface area contributed by atoms with E-state index in [0.717, 1.165) is 16.8 Å². The van der Waals surface area contributed by atoms with E-state index >= 15 is 0 Å². The normalized spacial score (nSPS) is 11.7. The van der Waals surface area contributed by atoms with E-state index in [4.69, 9.17) is 0 Å². The van der Waals surface area contributed by atoms with Gasteiger partial charge in [-0.05, 0) is 30.5 Å². The molecule has 0 aliphatic rings. The molecule has 0 radical (unpaired) electrons. The van der Waals surface area contributed by atoms with E-state index in [1.165, 1.54) is 9.78 Å². The third kappa shape index (κ3) is 6.01. The maximum absolute atomic E-state index is 12.6. The molecule has 0 bridgehead atoms. The number of nitrogens with two attached hydrogens (primary N) is 1. The molecular weight excluding hydrogens is 382 g/mol. The lowest BCUT2D eigenvalue weighted by Crippen LogP contribution is -2.87. The fraction of sp³-hybridized carbons (Fsp3) is 0.217. The van der Waals surface area contributed by atoms with Crippen LogP contribution in [0.1, 0.15) is 22.0 Å². The number of hydrogen-bond acceptors (Lipinski definition) is 3. The summed E-state index contributed by atoms with van der Waals surface area (Å²) >= 11 is 1.68. The maximum atomic E-state index is 12.6. The molecule has 1 heterocycles. The monoisotopic (exact) mass is 408 g/mol. The van der Waals surface area contributed by atoms with Crippen LogP contribution in [0.15, 0.2) is 72.1 Å². The smallest absolute Gasteiger partial charge is 0.277 e. The molecule has 0 saturated carbocycles. The molecule has 0 fully saturated rings. The molecule has 6 heteroatoms. The minimum Gasteiger partial charge on any atom is -0.332 e. The minimum absolute atomic E-state index is 0.0234. The van der Waals surface area contributed by atoms with Gasteiger partial charge in [-0.1, -0.05) is 54.1 Å². The highest BCUT2D eigenvalue weighted by atomic mass is 32.1. The lowest BCUT2D eigenvalue weighted by molar-refractivity contribution is -0.676. The Morgan fingerprint density at radius 3 is 2.41 bits per heavy atom. The van der Waals surface area contributed by atoms with Crippen molar-refractivity contribution in [1.82, 2.24) is 4.90 Å². The second-order valence-electron chi connectivity index (χ2n) is 7.01. The fourth-order valence-corrected chi connectivity index (χ4v) is 3.91. The summed E-state index contributed by atoms with van der Waals surface area (Å²) in [4.78, 5) is 27.5. The van der Waals surface area contributed by atoms with E-state index in [1.807, 2.05) is 66.2 Å². The number of carbonyl (C=O) groups excluding carboxylic acids is 2. The second-order valence-corrected chi connectivity index (χ2v) is 7.99. The van der Waals surface area contributed by atoms with E-state index in [2.05, 4.69) is 23.5 Å². The summed E-state index contributed by atoms with van der Waals surface area (Å²) in [5, 5.41) is 6.90. The van der Waals surface area contributed by atoms with Gasteiger partial charge in [0.2, 0.25) is 5.91 Å².